The van der Waals surface area contributed by atoms with Crippen LogP contribution in [0, 0.1) is 28.8 Å². The Morgan fingerprint density at radius 1 is 1.58 bits per heavy atom. The normalized spacial score (nSPS) is 11.9. The molecule has 0 radical (unpaired) electrons. The highest BCUT2D eigenvalue weighted by atomic mass is 19.1. The number of hydrogen-bond acceptors (Lipinski definition) is 4. The van der Waals surface area contributed by atoms with Crippen LogP contribution in [0.25, 0.3) is 0 Å². The van der Waals surface area contributed by atoms with Gasteiger partial charge in [0.05, 0.1) is 16.9 Å². The molecule has 2 N–H and O–H groups in total. The van der Waals surface area contributed by atoms with E-state index in [1.165, 1.54) is 13.0 Å². The lowest BCUT2D eigenvalue weighted by molar-refractivity contribution is -0.384. The van der Waals surface area contributed by atoms with Gasteiger partial charge in [-0.1, -0.05) is 6.92 Å². The second-order valence-corrected chi connectivity index (χ2v) is 4.33. The number of nitro groups is 1. The standard InChI is InChI=1S/C12H15FN2O4/c1-7(12(16)17)3-4-14-10-5-8(2)9(13)6-11(10)15(18)19/h5-7,14H,3-4H2,1-2H3,(H,16,17). The predicted octanol–water partition coefficient (Wildman–Crippen LogP) is 2.57. The van der Waals surface area contributed by atoms with Crippen LogP contribution in [0.2, 0.25) is 0 Å². The number of carboxylic acids is 1. The van der Waals surface area contributed by atoms with Gasteiger partial charge in [0.15, 0.2) is 0 Å². The van der Waals surface area contributed by atoms with Crippen molar-refractivity contribution < 1.29 is 19.2 Å². The zero-order valence-corrected chi connectivity index (χ0v) is 10.6. The third kappa shape index (κ3) is 3.90. The molecule has 1 aromatic rings. The molecule has 0 saturated heterocycles. The number of nitrogens with zero attached hydrogens (tertiary/aromatic N) is 1. The van der Waals surface area contributed by atoms with Gasteiger partial charge in [-0.15, -0.1) is 0 Å². The van der Waals surface area contributed by atoms with E-state index in [1.807, 2.05) is 0 Å². The van der Waals surface area contributed by atoms with Crippen molar-refractivity contribution >= 4 is 17.3 Å². The van der Waals surface area contributed by atoms with Gasteiger partial charge >= 0.3 is 5.97 Å². The fourth-order valence-electron chi connectivity index (χ4n) is 1.51. The lowest BCUT2D eigenvalue weighted by Gasteiger charge is -2.10. The van der Waals surface area contributed by atoms with E-state index < -0.39 is 22.6 Å². The molecule has 0 saturated carbocycles. The van der Waals surface area contributed by atoms with E-state index in [9.17, 15) is 19.3 Å². The van der Waals surface area contributed by atoms with E-state index in [-0.39, 0.29) is 17.9 Å². The molecule has 0 aliphatic carbocycles. The monoisotopic (exact) mass is 270 g/mol. The van der Waals surface area contributed by atoms with Gasteiger partial charge in [0.2, 0.25) is 0 Å². The Kier molecular flexibility index (Phi) is 4.80. The number of carboxylic acid groups (broad SMARTS) is 1. The number of hydrogen-bond donors (Lipinski definition) is 2. The number of nitro benzene ring substituents is 1. The topological polar surface area (TPSA) is 92.5 Å². The second-order valence-electron chi connectivity index (χ2n) is 4.33. The third-order valence-electron chi connectivity index (χ3n) is 2.79. The fraction of sp³-hybridized carbons (Fsp3) is 0.417. The summed E-state index contributed by atoms with van der Waals surface area (Å²) in [6, 6.07) is 2.21. The number of halogens is 1. The van der Waals surface area contributed by atoms with E-state index in [0.29, 0.717) is 12.0 Å². The van der Waals surface area contributed by atoms with Gasteiger partial charge < -0.3 is 10.4 Å². The Morgan fingerprint density at radius 2 is 2.21 bits per heavy atom. The van der Waals surface area contributed by atoms with Crippen LogP contribution in [0.5, 0.6) is 0 Å². The molecule has 0 bridgehead atoms. The van der Waals surface area contributed by atoms with Crippen LogP contribution in [0.1, 0.15) is 18.9 Å². The zero-order valence-electron chi connectivity index (χ0n) is 10.6. The van der Waals surface area contributed by atoms with Crippen molar-refractivity contribution in [3.05, 3.63) is 33.6 Å². The minimum absolute atomic E-state index is 0.196. The predicted molar refractivity (Wildman–Crippen MR) is 67.7 cm³/mol. The Labute approximate surface area is 109 Å². The average Bonchev–Trinajstić information content (AvgIpc) is 2.32. The van der Waals surface area contributed by atoms with Gasteiger partial charge in [-0.3, -0.25) is 14.9 Å². The maximum Gasteiger partial charge on any atom is 0.306 e. The molecule has 6 nitrogen and oxygen atoms in total. The molecular weight excluding hydrogens is 255 g/mol. The van der Waals surface area contributed by atoms with Crippen LogP contribution in [-0.4, -0.2) is 22.5 Å². The Morgan fingerprint density at radius 3 is 2.74 bits per heavy atom. The van der Waals surface area contributed by atoms with Crippen LogP contribution >= 0.6 is 0 Å². The summed E-state index contributed by atoms with van der Waals surface area (Å²) in [5.74, 6) is -2.11. The first-order chi connectivity index (χ1) is 8.82. The van der Waals surface area contributed by atoms with Crippen molar-refractivity contribution in [1.29, 1.82) is 0 Å². The van der Waals surface area contributed by atoms with Crippen LogP contribution < -0.4 is 5.32 Å². The number of benzene rings is 1. The summed E-state index contributed by atoms with van der Waals surface area (Å²) in [4.78, 5) is 20.8. The summed E-state index contributed by atoms with van der Waals surface area (Å²) < 4.78 is 13.3. The molecule has 1 aromatic carbocycles. The van der Waals surface area contributed by atoms with Crippen molar-refractivity contribution in [1.82, 2.24) is 0 Å². The maximum atomic E-state index is 13.3. The minimum Gasteiger partial charge on any atom is -0.481 e. The molecule has 0 spiro atoms. The van der Waals surface area contributed by atoms with Crippen LogP contribution in [0.15, 0.2) is 12.1 Å². The SMILES string of the molecule is Cc1cc(NCCC(C)C(=O)O)c([N+](=O)[O-])cc1F. The summed E-state index contributed by atoms with van der Waals surface area (Å²) in [6.45, 7) is 3.32. The summed E-state index contributed by atoms with van der Waals surface area (Å²) in [5.41, 5.74) is 0.131. The Balaban J connectivity index is 2.80. The number of aryl methyl sites for hydroxylation is 1. The van der Waals surface area contributed by atoms with E-state index in [0.717, 1.165) is 6.07 Å². The number of nitrogens with one attached hydrogen (secondary N) is 1. The number of rotatable bonds is 6. The first-order valence-corrected chi connectivity index (χ1v) is 5.74. The molecule has 0 aliphatic rings. The first kappa shape index (κ1) is 14.9. The summed E-state index contributed by atoms with van der Waals surface area (Å²) in [6.07, 6.45) is 0.322. The van der Waals surface area contributed by atoms with Gasteiger partial charge in [-0.25, -0.2) is 4.39 Å². The number of carbonyl (C=O) groups is 1. The molecule has 19 heavy (non-hydrogen) atoms. The third-order valence-corrected chi connectivity index (χ3v) is 2.79. The van der Waals surface area contributed by atoms with Crippen LogP contribution in [-0.2, 0) is 4.79 Å². The van der Waals surface area contributed by atoms with Gasteiger partial charge in [0.1, 0.15) is 11.5 Å². The van der Waals surface area contributed by atoms with Gasteiger partial charge in [0, 0.05) is 6.54 Å². The van der Waals surface area contributed by atoms with E-state index >= 15 is 0 Å². The Bertz CT molecular complexity index is 505. The molecule has 1 unspecified atom stereocenters. The molecule has 1 atom stereocenters. The smallest absolute Gasteiger partial charge is 0.306 e. The van der Waals surface area contributed by atoms with Crippen LogP contribution in [0.3, 0.4) is 0 Å². The summed E-state index contributed by atoms with van der Waals surface area (Å²) in [5, 5.41) is 22.3. The minimum atomic E-state index is -0.924. The van der Waals surface area contributed by atoms with Gasteiger partial charge in [0.25, 0.3) is 5.69 Å². The van der Waals surface area contributed by atoms with Crippen molar-refractivity contribution in [3.8, 4) is 0 Å². The van der Waals surface area contributed by atoms with Crippen molar-refractivity contribution in [3.63, 3.8) is 0 Å². The van der Waals surface area contributed by atoms with E-state index in [2.05, 4.69) is 5.32 Å². The first-order valence-electron chi connectivity index (χ1n) is 5.74. The molecular formula is C12H15FN2O4. The molecule has 0 fully saturated rings. The summed E-state index contributed by atoms with van der Waals surface area (Å²) >= 11 is 0. The largest absolute Gasteiger partial charge is 0.481 e. The summed E-state index contributed by atoms with van der Waals surface area (Å²) in [7, 11) is 0. The van der Waals surface area contributed by atoms with Gasteiger partial charge in [-0.05, 0) is 25.0 Å². The van der Waals surface area contributed by atoms with E-state index in [4.69, 9.17) is 5.11 Å². The second kappa shape index (κ2) is 6.12. The Hall–Kier alpha value is -2.18. The van der Waals surface area contributed by atoms with Crippen LogP contribution in [0.4, 0.5) is 15.8 Å². The quantitative estimate of drug-likeness (QED) is 0.612. The highest BCUT2D eigenvalue weighted by Gasteiger charge is 2.17. The van der Waals surface area contributed by atoms with Gasteiger partial charge in [-0.2, -0.15) is 0 Å². The van der Waals surface area contributed by atoms with Crippen molar-refractivity contribution in [2.75, 3.05) is 11.9 Å². The molecule has 1 rings (SSSR count). The van der Waals surface area contributed by atoms with Crippen molar-refractivity contribution in [2.24, 2.45) is 5.92 Å². The lowest BCUT2D eigenvalue weighted by Crippen LogP contribution is -2.15. The zero-order chi connectivity index (χ0) is 14.6. The number of aliphatic carboxylic acids is 1. The molecule has 0 heterocycles. The fourth-order valence-corrected chi connectivity index (χ4v) is 1.51. The molecule has 104 valence electrons. The highest BCUT2D eigenvalue weighted by molar-refractivity contribution is 5.69. The lowest BCUT2D eigenvalue weighted by atomic mass is 10.1. The molecule has 0 amide bonds. The highest BCUT2D eigenvalue weighted by Crippen LogP contribution is 2.27. The number of anilines is 1. The van der Waals surface area contributed by atoms with Crippen molar-refractivity contribution in [2.45, 2.75) is 20.3 Å². The molecule has 7 heteroatoms. The molecule has 0 aliphatic heterocycles. The maximum absolute atomic E-state index is 13.3. The average molecular weight is 270 g/mol. The van der Waals surface area contributed by atoms with E-state index in [1.54, 1.807) is 6.92 Å². The molecule has 0 aromatic heterocycles.